The fourth-order valence-electron chi connectivity index (χ4n) is 2.15. The van der Waals surface area contributed by atoms with Crippen molar-refractivity contribution in [1.82, 2.24) is 4.98 Å². The number of hydrogen-bond donors (Lipinski definition) is 1. The highest BCUT2D eigenvalue weighted by atomic mass is 19.1. The Bertz CT molecular complexity index is 640. The van der Waals surface area contributed by atoms with Crippen molar-refractivity contribution in [2.45, 2.75) is 32.5 Å². The van der Waals surface area contributed by atoms with Gasteiger partial charge >= 0.3 is 11.9 Å². The largest absolute Gasteiger partial charge is 0.422 e. The second-order valence-corrected chi connectivity index (χ2v) is 5.89. The van der Waals surface area contributed by atoms with Crippen LogP contribution >= 0.6 is 0 Å². The molecule has 8 nitrogen and oxygen atoms in total. The van der Waals surface area contributed by atoms with Crippen LogP contribution in [-0.2, 0) is 23.8 Å². The summed E-state index contributed by atoms with van der Waals surface area (Å²) < 4.78 is 28.1. The van der Waals surface area contributed by atoms with Crippen LogP contribution in [0.4, 0.5) is 10.2 Å². The number of carbonyl (C=O) groups excluding carboxylic acids is 2. The molecule has 0 spiro atoms. The van der Waals surface area contributed by atoms with E-state index in [2.05, 4.69) is 15.5 Å². The fourth-order valence-corrected chi connectivity index (χ4v) is 2.15. The molecule has 1 aliphatic rings. The van der Waals surface area contributed by atoms with Gasteiger partial charge in [0.15, 0.2) is 5.92 Å². The van der Waals surface area contributed by atoms with Crippen molar-refractivity contribution < 1.29 is 28.2 Å². The number of nitrogens with zero attached hydrogens (tertiary/aromatic N) is 2. The van der Waals surface area contributed by atoms with E-state index in [1.807, 2.05) is 0 Å². The Morgan fingerprint density at radius 1 is 1.36 bits per heavy atom. The first kappa shape index (κ1) is 18.8. The highest BCUT2D eigenvalue weighted by Crippen LogP contribution is 2.25. The smallest absolute Gasteiger partial charge is 0.323 e. The number of rotatable bonds is 7. The normalized spacial score (nSPS) is 17.8. The quantitative estimate of drug-likeness (QED) is 0.346. The van der Waals surface area contributed by atoms with Crippen molar-refractivity contribution in [2.75, 3.05) is 19.1 Å². The molecule has 0 aliphatic carbocycles. The van der Waals surface area contributed by atoms with Crippen molar-refractivity contribution >= 4 is 23.5 Å². The molecule has 1 aromatic heterocycles. The first-order valence-electron chi connectivity index (χ1n) is 7.68. The lowest BCUT2D eigenvalue weighted by atomic mass is 9.99. The molecule has 9 heteroatoms. The summed E-state index contributed by atoms with van der Waals surface area (Å²) in [5.74, 6) is -3.83. The van der Waals surface area contributed by atoms with Gasteiger partial charge in [-0.2, -0.15) is 5.10 Å². The van der Waals surface area contributed by atoms with Gasteiger partial charge in [0.25, 0.3) is 5.79 Å². The Kier molecular flexibility index (Phi) is 6.02. The molecule has 0 radical (unpaired) electrons. The first-order valence-corrected chi connectivity index (χ1v) is 7.68. The maximum Gasteiger partial charge on any atom is 0.323 e. The SMILES string of the molecule is COCC/C(CC1C(=O)OC(C)(C)OC1=O)=N/Nc1ccc(F)cn1. The Labute approximate surface area is 144 Å². The molecule has 0 saturated carbocycles. The highest BCUT2D eigenvalue weighted by Gasteiger charge is 2.43. The standard InChI is InChI=1S/C16H20FN3O5/c1-16(2)24-14(21)12(15(22)25-16)8-11(6-7-23-3)19-20-13-5-4-10(17)9-18-13/h4-5,9,12H,6-8H2,1-3H3,(H,18,20)/b19-11-. The van der Waals surface area contributed by atoms with Crippen molar-refractivity contribution in [1.29, 1.82) is 0 Å². The van der Waals surface area contributed by atoms with Crippen LogP contribution in [-0.4, -0.2) is 42.1 Å². The molecule has 0 amide bonds. The minimum atomic E-state index is -1.27. The van der Waals surface area contributed by atoms with Gasteiger partial charge in [-0.15, -0.1) is 0 Å². The van der Waals surface area contributed by atoms with Crippen LogP contribution in [0.15, 0.2) is 23.4 Å². The Balaban J connectivity index is 2.08. The minimum Gasteiger partial charge on any atom is -0.422 e. The van der Waals surface area contributed by atoms with Crippen molar-refractivity contribution in [3.8, 4) is 0 Å². The third-order valence-corrected chi connectivity index (χ3v) is 3.35. The number of aromatic nitrogens is 1. The molecule has 25 heavy (non-hydrogen) atoms. The van der Waals surface area contributed by atoms with Gasteiger partial charge in [0.2, 0.25) is 0 Å². The maximum atomic E-state index is 12.9. The Hall–Kier alpha value is -2.55. The summed E-state index contributed by atoms with van der Waals surface area (Å²) in [7, 11) is 1.53. The predicted octanol–water partition coefficient (Wildman–Crippen LogP) is 1.87. The molecule has 1 aromatic rings. The minimum absolute atomic E-state index is 0.0191. The van der Waals surface area contributed by atoms with Crippen molar-refractivity contribution in [3.05, 3.63) is 24.1 Å². The maximum absolute atomic E-state index is 12.9. The second kappa shape index (κ2) is 8.02. The Morgan fingerprint density at radius 3 is 2.60 bits per heavy atom. The average molecular weight is 353 g/mol. The van der Waals surface area contributed by atoms with E-state index in [9.17, 15) is 14.0 Å². The number of methoxy groups -OCH3 is 1. The van der Waals surface area contributed by atoms with Gasteiger partial charge in [-0.25, -0.2) is 9.37 Å². The summed E-state index contributed by atoms with van der Waals surface area (Å²) >= 11 is 0. The molecule has 1 N–H and O–H groups in total. The zero-order valence-corrected chi connectivity index (χ0v) is 14.2. The van der Waals surface area contributed by atoms with E-state index < -0.39 is 29.5 Å². The van der Waals surface area contributed by atoms with Crippen molar-refractivity contribution in [3.63, 3.8) is 0 Å². The van der Waals surface area contributed by atoms with Gasteiger partial charge in [-0.1, -0.05) is 0 Å². The number of pyridine rings is 1. The lowest BCUT2D eigenvalue weighted by molar-refractivity contribution is -0.239. The molecular formula is C16H20FN3O5. The van der Waals surface area contributed by atoms with Crippen LogP contribution in [0, 0.1) is 11.7 Å². The summed E-state index contributed by atoms with van der Waals surface area (Å²) in [5.41, 5.74) is 3.16. The zero-order chi connectivity index (χ0) is 18.4. The van der Waals surface area contributed by atoms with Gasteiger partial charge in [0.05, 0.1) is 12.8 Å². The monoisotopic (exact) mass is 353 g/mol. The average Bonchev–Trinajstić information content (AvgIpc) is 2.53. The number of anilines is 1. The van der Waals surface area contributed by atoms with E-state index in [-0.39, 0.29) is 6.42 Å². The van der Waals surface area contributed by atoms with E-state index in [1.165, 1.54) is 33.1 Å². The number of halogens is 1. The number of hydrogen-bond acceptors (Lipinski definition) is 8. The molecule has 2 heterocycles. The number of ether oxygens (including phenoxy) is 3. The van der Waals surface area contributed by atoms with Crippen LogP contribution < -0.4 is 5.43 Å². The molecule has 0 atom stereocenters. The summed E-state index contributed by atoms with van der Waals surface area (Å²) in [4.78, 5) is 27.9. The topological polar surface area (TPSA) is 99.1 Å². The van der Waals surface area contributed by atoms with Crippen LogP contribution in [0.1, 0.15) is 26.7 Å². The van der Waals surface area contributed by atoms with Gasteiger partial charge in [0.1, 0.15) is 11.6 Å². The molecule has 0 aromatic carbocycles. The second-order valence-electron chi connectivity index (χ2n) is 5.89. The van der Waals surface area contributed by atoms with E-state index >= 15 is 0 Å². The van der Waals surface area contributed by atoms with E-state index in [0.717, 1.165) is 6.20 Å². The molecule has 1 aliphatic heterocycles. The lowest BCUT2D eigenvalue weighted by Crippen LogP contribution is -2.46. The first-order chi connectivity index (χ1) is 11.8. The number of nitrogens with one attached hydrogen (secondary N) is 1. The summed E-state index contributed by atoms with van der Waals surface area (Å²) in [6, 6.07) is 2.65. The summed E-state index contributed by atoms with van der Waals surface area (Å²) in [6.07, 6.45) is 1.45. The third kappa shape index (κ3) is 5.49. The molecule has 0 bridgehead atoms. The third-order valence-electron chi connectivity index (χ3n) is 3.35. The number of carbonyl (C=O) groups is 2. The van der Waals surface area contributed by atoms with E-state index in [4.69, 9.17) is 14.2 Å². The predicted molar refractivity (Wildman–Crippen MR) is 86.1 cm³/mol. The number of cyclic esters (lactones) is 2. The summed E-state index contributed by atoms with van der Waals surface area (Å²) in [6.45, 7) is 3.32. The van der Waals surface area contributed by atoms with E-state index in [1.54, 1.807) is 0 Å². The summed E-state index contributed by atoms with van der Waals surface area (Å²) in [5, 5.41) is 4.15. The van der Waals surface area contributed by atoms with Crippen LogP contribution in [0.3, 0.4) is 0 Å². The van der Waals surface area contributed by atoms with Gasteiger partial charge in [0, 0.05) is 39.5 Å². The molecule has 136 valence electrons. The molecule has 1 saturated heterocycles. The van der Waals surface area contributed by atoms with Gasteiger partial charge < -0.3 is 14.2 Å². The molecule has 0 unspecified atom stereocenters. The van der Waals surface area contributed by atoms with Crippen LogP contribution in [0.25, 0.3) is 0 Å². The highest BCUT2D eigenvalue weighted by molar-refractivity contribution is 6.01. The van der Waals surface area contributed by atoms with Crippen LogP contribution in [0.2, 0.25) is 0 Å². The fraction of sp³-hybridized carbons (Fsp3) is 0.500. The zero-order valence-electron chi connectivity index (χ0n) is 14.2. The lowest BCUT2D eigenvalue weighted by Gasteiger charge is -2.32. The van der Waals surface area contributed by atoms with Gasteiger partial charge in [-0.3, -0.25) is 15.0 Å². The Morgan fingerprint density at radius 2 is 2.04 bits per heavy atom. The molecular weight excluding hydrogens is 333 g/mol. The van der Waals surface area contributed by atoms with E-state index in [0.29, 0.717) is 24.6 Å². The molecule has 2 rings (SSSR count). The van der Waals surface area contributed by atoms with Crippen molar-refractivity contribution in [2.24, 2.45) is 11.0 Å². The number of hydrazone groups is 1. The van der Waals surface area contributed by atoms with Crippen LogP contribution in [0.5, 0.6) is 0 Å². The molecule has 1 fully saturated rings. The number of esters is 2. The van der Waals surface area contributed by atoms with Gasteiger partial charge in [-0.05, 0) is 12.1 Å².